The Morgan fingerprint density at radius 2 is 1.77 bits per heavy atom. The number of azo groups is 1. The number of amides is 1. The van der Waals surface area contributed by atoms with Crippen LogP contribution in [-0.2, 0) is 19.1 Å². The van der Waals surface area contributed by atoms with Gasteiger partial charge in [0.05, 0.1) is 53.0 Å². The Morgan fingerprint density at radius 1 is 1.05 bits per heavy atom. The van der Waals surface area contributed by atoms with E-state index in [-0.39, 0.29) is 29.4 Å². The average molecular weight is 567 g/mol. The van der Waals surface area contributed by atoms with Crippen LogP contribution in [0.3, 0.4) is 0 Å². The smallest absolute Gasteiger partial charge is 0.307 e. The maximum absolute atomic E-state index is 12.0. The topological polar surface area (TPSA) is 188 Å². The van der Waals surface area contributed by atoms with Crippen molar-refractivity contribution in [1.82, 2.24) is 0 Å². The molecule has 2 aromatic carbocycles. The van der Waals surface area contributed by atoms with E-state index < -0.39 is 38.8 Å². The van der Waals surface area contributed by atoms with Gasteiger partial charge in [0.2, 0.25) is 5.91 Å². The molecule has 0 heterocycles. The molecular weight excluding hydrogens is 540 g/mol. The number of methoxy groups -OCH3 is 3. The molecule has 0 saturated carbocycles. The molecule has 0 aromatic heterocycles. The molecule has 0 aliphatic carbocycles. The van der Waals surface area contributed by atoms with Crippen LogP contribution >= 0.6 is 11.6 Å². The van der Waals surface area contributed by atoms with E-state index in [1.54, 1.807) is 13.2 Å². The van der Waals surface area contributed by atoms with Gasteiger partial charge >= 0.3 is 11.7 Å². The zero-order chi connectivity index (χ0) is 29.1. The molecule has 0 saturated heterocycles. The minimum Gasteiger partial charge on any atom is -0.494 e. The van der Waals surface area contributed by atoms with Gasteiger partial charge in [0, 0.05) is 45.9 Å². The van der Waals surface area contributed by atoms with Crippen LogP contribution in [0.4, 0.5) is 34.1 Å². The van der Waals surface area contributed by atoms with Gasteiger partial charge in [0.1, 0.15) is 11.4 Å². The van der Waals surface area contributed by atoms with Crippen LogP contribution in [0, 0.1) is 20.2 Å². The summed E-state index contributed by atoms with van der Waals surface area (Å²) in [4.78, 5) is 46.5. The maximum Gasteiger partial charge on any atom is 0.307 e. The minimum absolute atomic E-state index is 0.0549. The van der Waals surface area contributed by atoms with Crippen molar-refractivity contribution in [3.05, 3.63) is 49.5 Å². The first-order valence-electron chi connectivity index (χ1n) is 11.4. The van der Waals surface area contributed by atoms with Crippen LogP contribution in [0.15, 0.2) is 34.5 Å². The van der Waals surface area contributed by atoms with Gasteiger partial charge in [-0.1, -0.05) is 11.6 Å². The molecule has 0 unspecified atom stereocenters. The van der Waals surface area contributed by atoms with Crippen molar-refractivity contribution in [2.75, 3.05) is 51.2 Å². The highest BCUT2D eigenvalue weighted by molar-refractivity contribution is 6.33. The number of carbonyl (C=O) groups is 2. The molecular formula is C23H27ClN6O9. The van der Waals surface area contributed by atoms with Gasteiger partial charge in [-0.2, -0.15) is 0 Å². The SMILES string of the molecule is COCCCN(CCC(=O)OC)c1cc(NC(C)=O)c(/N=N/c2c(Cl)cc([N+](=O)[O-])cc2[N+](=O)[O-])cc1OC. The van der Waals surface area contributed by atoms with Gasteiger partial charge in [-0.15, -0.1) is 10.2 Å². The molecule has 0 aliphatic rings. The number of halogens is 1. The third-order valence-electron chi connectivity index (χ3n) is 5.23. The van der Waals surface area contributed by atoms with Gasteiger partial charge < -0.3 is 24.4 Å². The number of ether oxygens (including phenoxy) is 3. The summed E-state index contributed by atoms with van der Waals surface area (Å²) in [6.07, 6.45) is 0.686. The number of benzene rings is 2. The maximum atomic E-state index is 12.0. The Hall–Kier alpha value is -4.37. The number of hydrogen-bond donors (Lipinski definition) is 1. The summed E-state index contributed by atoms with van der Waals surface area (Å²) < 4.78 is 15.4. The van der Waals surface area contributed by atoms with E-state index in [9.17, 15) is 29.8 Å². The molecule has 0 fully saturated rings. The second kappa shape index (κ2) is 14.5. The fraction of sp³-hybridized carbons (Fsp3) is 0.391. The molecule has 0 atom stereocenters. The molecule has 1 amide bonds. The van der Waals surface area contributed by atoms with Crippen molar-refractivity contribution in [2.24, 2.45) is 10.2 Å². The molecule has 210 valence electrons. The van der Waals surface area contributed by atoms with Crippen LogP contribution in [0.2, 0.25) is 5.02 Å². The Bertz CT molecular complexity index is 1270. The highest BCUT2D eigenvalue weighted by atomic mass is 35.5. The monoisotopic (exact) mass is 566 g/mol. The zero-order valence-corrected chi connectivity index (χ0v) is 22.4. The van der Waals surface area contributed by atoms with Crippen molar-refractivity contribution in [1.29, 1.82) is 0 Å². The van der Waals surface area contributed by atoms with Crippen LogP contribution in [-0.4, -0.2) is 62.7 Å². The van der Waals surface area contributed by atoms with E-state index in [0.717, 1.165) is 12.1 Å². The van der Waals surface area contributed by atoms with Crippen LogP contribution < -0.4 is 15.0 Å². The summed E-state index contributed by atoms with van der Waals surface area (Å²) in [6, 6.07) is 4.64. The molecule has 15 nitrogen and oxygen atoms in total. The fourth-order valence-corrected chi connectivity index (χ4v) is 3.69. The lowest BCUT2D eigenvalue weighted by Gasteiger charge is -2.27. The summed E-state index contributed by atoms with van der Waals surface area (Å²) in [5.41, 5.74) is -0.981. The summed E-state index contributed by atoms with van der Waals surface area (Å²) in [6.45, 7) is 2.46. The number of rotatable bonds is 14. The van der Waals surface area contributed by atoms with Crippen LogP contribution in [0.25, 0.3) is 0 Å². The molecule has 2 rings (SSSR count). The van der Waals surface area contributed by atoms with Crippen molar-refractivity contribution >= 4 is 57.6 Å². The number of hydrogen-bond acceptors (Lipinski definition) is 12. The first kappa shape index (κ1) is 30.9. The van der Waals surface area contributed by atoms with Crippen molar-refractivity contribution in [3.63, 3.8) is 0 Å². The number of esters is 1. The van der Waals surface area contributed by atoms with Gasteiger partial charge in [0.25, 0.3) is 5.69 Å². The molecule has 1 N–H and O–H groups in total. The summed E-state index contributed by atoms with van der Waals surface area (Å²) in [5, 5.41) is 32.8. The number of carbonyl (C=O) groups excluding carboxylic acids is 2. The first-order chi connectivity index (χ1) is 18.5. The van der Waals surface area contributed by atoms with Gasteiger partial charge in [-0.25, -0.2) is 0 Å². The normalized spacial score (nSPS) is 10.8. The van der Waals surface area contributed by atoms with Crippen molar-refractivity contribution in [3.8, 4) is 5.75 Å². The average Bonchev–Trinajstić information content (AvgIpc) is 2.89. The summed E-state index contributed by atoms with van der Waals surface area (Å²) in [5.74, 6) is -0.563. The number of nitrogens with zero attached hydrogens (tertiary/aromatic N) is 5. The minimum atomic E-state index is -0.870. The zero-order valence-electron chi connectivity index (χ0n) is 21.6. The molecule has 16 heteroatoms. The fourth-order valence-electron chi connectivity index (χ4n) is 3.44. The molecule has 0 spiro atoms. The van der Waals surface area contributed by atoms with Gasteiger partial charge in [0.15, 0.2) is 5.69 Å². The lowest BCUT2D eigenvalue weighted by Crippen LogP contribution is -2.29. The second-order valence-electron chi connectivity index (χ2n) is 7.89. The van der Waals surface area contributed by atoms with Crippen molar-refractivity contribution < 1.29 is 33.6 Å². The van der Waals surface area contributed by atoms with Crippen molar-refractivity contribution in [2.45, 2.75) is 19.8 Å². The largest absolute Gasteiger partial charge is 0.494 e. The Labute approximate surface area is 228 Å². The van der Waals surface area contributed by atoms with E-state index in [0.29, 0.717) is 31.0 Å². The highest BCUT2D eigenvalue weighted by Gasteiger charge is 2.24. The van der Waals surface area contributed by atoms with E-state index in [4.69, 9.17) is 25.8 Å². The predicted octanol–water partition coefficient (Wildman–Crippen LogP) is 4.94. The molecule has 0 aliphatic heterocycles. The second-order valence-corrected chi connectivity index (χ2v) is 8.30. The number of anilines is 2. The molecule has 39 heavy (non-hydrogen) atoms. The number of nitrogens with one attached hydrogen (secondary N) is 1. The van der Waals surface area contributed by atoms with E-state index in [1.165, 1.54) is 27.2 Å². The Kier molecular flexibility index (Phi) is 11.5. The standard InChI is InChI=1S/C23H27ClN6O9/c1-14(31)25-17-12-19(28(7-5-9-37-2)8-6-22(32)39-4)21(38-3)13-18(17)26-27-23-16(24)10-15(29(33)34)11-20(23)30(35)36/h10-13H,5-9H2,1-4H3,(H,25,31)/b27-26+. The molecule has 0 bridgehead atoms. The third kappa shape index (κ3) is 8.58. The van der Waals surface area contributed by atoms with E-state index >= 15 is 0 Å². The highest BCUT2D eigenvalue weighted by Crippen LogP contribution is 2.43. The molecule has 2 aromatic rings. The Balaban J connectivity index is 2.62. The van der Waals surface area contributed by atoms with E-state index in [1.807, 2.05) is 4.90 Å². The Morgan fingerprint density at radius 3 is 2.33 bits per heavy atom. The first-order valence-corrected chi connectivity index (χ1v) is 11.7. The number of non-ortho nitro benzene ring substituents is 1. The summed E-state index contributed by atoms with van der Waals surface area (Å²) >= 11 is 6.06. The van der Waals surface area contributed by atoms with Gasteiger partial charge in [-0.3, -0.25) is 29.8 Å². The predicted molar refractivity (Wildman–Crippen MR) is 142 cm³/mol. The lowest BCUT2D eigenvalue weighted by molar-refractivity contribution is -0.393. The third-order valence-corrected chi connectivity index (χ3v) is 5.52. The summed E-state index contributed by atoms with van der Waals surface area (Å²) in [7, 11) is 4.26. The number of nitro groups is 2. The van der Waals surface area contributed by atoms with Crippen LogP contribution in [0.5, 0.6) is 5.75 Å². The van der Waals surface area contributed by atoms with E-state index in [2.05, 4.69) is 15.5 Å². The number of nitro benzene ring substituents is 2. The quantitative estimate of drug-likeness (QED) is 0.108. The lowest BCUT2D eigenvalue weighted by atomic mass is 10.1. The van der Waals surface area contributed by atoms with Crippen LogP contribution in [0.1, 0.15) is 19.8 Å². The molecule has 0 radical (unpaired) electrons. The van der Waals surface area contributed by atoms with Gasteiger partial charge in [-0.05, 0) is 12.5 Å².